The zero-order valence-electron chi connectivity index (χ0n) is 10.3. The Kier molecular flexibility index (Phi) is 5.66. The van der Waals surface area contributed by atoms with Crippen LogP contribution >= 0.6 is 11.8 Å². The van der Waals surface area contributed by atoms with Gasteiger partial charge < -0.3 is 4.74 Å². The molecule has 1 aromatic rings. The smallest absolute Gasteiger partial charge is 0.319 e. The number of benzene rings is 1. The van der Waals surface area contributed by atoms with Crippen molar-refractivity contribution in [3.63, 3.8) is 0 Å². The van der Waals surface area contributed by atoms with Crippen molar-refractivity contribution in [2.45, 2.75) is 30.4 Å². The van der Waals surface area contributed by atoms with Crippen molar-refractivity contribution in [2.24, 2.45) is 0 Å². The molecule has 0 aliphatic carbocycles. The fourth-order valence-electron chi connectivity index (χ4n) is 1.40. The van der Waals surface area contributed by atoms with Gasteiger partial charge in [0.15, 0.2) is 0 Å². The summed E-state index contributed by atoms with van der Waals surface area (Å²) in [6.07, 6.45) is 0.560. The average molecular weight is 267 g/mol. The number of carbonyl (C=O) groups is 1. The van der Waals surface area contributed by atoms with Gasteiger partial charge in [0.2, 0.25) is 0 Å². The molecule has 1 rings (SSSR count). The van der Waals surface area contributed by atoms with Gasteiger partial charge in [-0.2, -0.15) is 5.26 Å². The van der Waals surface area contributed by atoms with E-state index in [1.165, 1.54) is 23.9 Å². The first-order valence-corrected chi connectivity index (χ1v) is 6.53. The van der Waals surface area contributed by atoms with Gasteiger partial charge in [-0.25, -0.2) is 4.39 Å². The SMILES string of the molecule is CCOC(=O)C(CC)Sc1cccc(F)c1C#N. The summed E-state index contributed by atoms with van der Waals surface area (Å²) in [6, 6.07) is 6.20. The molecule has 0 saturated heterocycles. The Morgan fingerprint density at radius 2 is 2.28 bits per heavy atom. The maximum absolute atomic E-state index is 13.4. The molecule has 0 aliphatic heterocycles. The maximum Gasteiger partial charge on any atom is 0.319 e. The van der Waals surface area contributed by atoms with Crippen LogP contribution in [0, 0.1) is 17.1 Å². The monoisotopic (exact) mass is 267 g/mol. The van der Waals surface area contributed by atoms with Crippen molar-refractivity contribution in [2.75, 3.05) is 6.61 Å². The Bertz CT molecular complexity index is 471. The second-order valence-corrected chi connectivity index (χ2v) is 4.74. The molecule has 18 heavy (non-hydrogen) atoms. The first-order valence-electron chi connectivity index (χ1n) is 5.65. The van der Waals surface area contributed by atoms with Gasteiger partial charge in [0, 0.05) is 4.90 Å². The van der Waals surface area contributed by atoms with Gasteiger partial charge in [-0.3, -0.25) is 4.79 Å². The summed E-state index contributed by atoms with van der Waals surface area (Å²) >= 11 is 1.17. The Hall–Kier alpha value is -1.54. The lowest BCUT2D eigenvalue weighted by atomic mass is 10.2. The van der Waals surface area contributed by atoms with E-state index in [0.29, 0.717) is 17.9 Å². The molecule has 3 nitrogen and oxygen atoms in total. The molecule has 96 valence electrons. The zero-order chi connectivity index (χ0) is 13.5. The van der Waals surface area contributed by atoms with Crippen molar-refractivity contribution in [1.82, 2.24) is 0 Å². The van der Waals surface area contributed by atoms with Gasteiger partial charge in [0.05, 0.1) is 6.61 Å². The molecule has 0 radical (unpaired) electrons. The van der Waals surface area contributed by atoms with Gasteiger partial charge in [-0.15, -0.1) is 11.8 Å². The highest BCUT2D eigenvalue weighted by molar-refractivity contribution is 8.00. The average Bonchev–Trinajstić information content (AvgIpc) is 2.36. The fourth-order valence-corrected chi connectivity index (χ4v) is 2.45. The lowest BCUT2D eigenvalue weighted by molar-refractivity contribution is -0.142. The van der Waals surface area contributed by atoms with E-state index in [1.54, 1.807) is 13.0 Å². The van der Waals surface area contributed by atoms with Crippen LogP contribution in [0.2, 0.25) is 0 Å². The van der Waals surface area contributed by atoms with Crippen molar-refractivity contribution >= 4 is 17.7 Å². The van der Waals surface area contributed by atoms with E-state index in [0.717, 1.165) is 0 Å². The van der Waals surface area contributed by atoms with E-state index in [1.807, 2.05) is 13.0 Å². The molecule has 1 unspecified atom stereocenters. The third-order valence-electron chi connectivity index (χ3n) is 2.28. The summed E-state index contributed by atoms with van der Waals surface area (Å²) in [6.45, 7) is 3.89. The third-order valence-corrected chi connectivity index (χ3v) is 3.68. The second kappa shape index (κ2) is 7.02. The molecule has 0 heterocycles. The van der Waals surface area contributed by atoms with Gasteiger partial charge in [-0.1, -0.05) is 13.0 Å². The van der Waals surface area contributed by atoms with Crippen LogP contribution in [0.1, 0.15) is 25.8 Å². The Labute approximate surface area is 110 Å². The molecule has 0 spiro atoms. The topological polar surface area (TPSA) is 50.1 Å². The summed E-state index contributed by atoms with van der Waals surface area (Å²) in [5.41, 5.74) is -0.0229. The molecular weight excluding hydrogens is 253 g/mol. The molecule has 0 amide bonds. The zero-order valence-corrected chi connectivity index (χ0v) is 11.1. The highest BCUT2D eigenvalue weighted by Crippen LogP contribution is 2.30. The fraction of sp³-hybridized carbons (Fsp3) is 0.385. The van der Waals surface area contributed by atoms with Crippen LogP contribution < -0.4 is 0 Å². The minimum absolute atomic E-state index is 0.0229. The molecule has 0 aliphatic rings. The molecule has 0 fully saturated rings. The number of carbonyl (C=O) groups excluding carboxylic acids is 1. The number of thioether (sulfide) groups is 1. The van der Waals surface area contributed by atoms with Crippen LogP contribution in [0.4, 0.5) is 4.39 Å². The normalized spacial score (nSPS) is 11.7. The number of nitrogens with zero attached hydrogens (tertiary/aromatic N) is 1. The molecule has 0 N–H and O–H groups in total. The summed E-state index contributed by atoms with van der Waals surface area (Å²) in [5.74, 6) is -0.903. The quantitative estimate of drug-likeness (QED) is 0.607. The minimum Gasteiger partial charge on any atom is -0.465 e. The molecule has 1 atom stereocenters. The molecule has 0 bridgehead atoms. The number of esters is 1. The van der Waals surface area contributed by atoms with Crippen molar-refractivity contribution < 1.29 is 13.9 Å². The van der Waals surface area contributed by atoms with Crippen LogP contribution in [0.15, 0.2) is 23.1 Å². The van der Waals surface area contributed by atoms with Crippen LogP contribution in [-0.2, 0) is 9.53 Å². The van der Waals surface area contributed by atoms with Crippen molar-refractivity contribution in [3.8, 4) is 6.07 Å². The number of rotatable bonds is 5. The van der Waals surface area contributed by atoms with E-state index in [9.17, 15) is 9.18 Å². The summed E-state index contributed by atoms with van der Waals surface area (Å²) in [5, 5.41) is 8.49. The standard InChI is InChI=1S/C13H14FNO2S/c1-3-11(13(16)17-4-2)18-12-7-5-6-10(14)9(12)8-15/h5-7,11H,3-4H2,1-2H3. The predicted octanol–water partition coefficient (Wildman–Crippen LogP) is 3.13. The Morgan fingerprint density at radius 1 is 1.56 bits per heavy atom. The number of halogens is 1. The predicted molar refractivity (Wildman–Crippen MR) is 67.7 cm³/mol. The summed E-state index contributed by atoms with van der Waals surface area (Å²) in [4.78, 5) is 12.1. The lowest BCUT2D eigenvalue weighted by Crippen LogP contribution is -2.19. The first kappa shape index (κ1) is 14.5. The number of hydrogen-bond acceptors (Lipinski definition) is 4. The summed E-state index contributed by atoms with van der Waals surface area (Å²) < 4.78 is 18.3. The molecule has 0 aromatic heterocycles. The highest BCUT2D eigenvalue weighted by Gasteiger charge is 2.21. The van der Waals surface area contributed by atoms with Gasteiger partial charge in [-0.05, 0) is 25.5 Å². The van der Waals surface area contributed by atoms with Crippen molar-refractivity contribution in [1.29, 1.82) is 5.26 Å². The maximum atomic E-state index is 13.4. The van der Waals surface area contributed by atoms with E-state index in [4.69, 9.17) is 10.00 Å². The van der Waals surface area contributed by atoms with Gasteiger partial charge >= 0.3 is 5.97 Å². The second-order valence-electron chi connectivity index (χ2n) is 3.49. The molecular formula is C13H14FNO2S. The number of hydrogen-bond donors (Lipinski definition) is 0. The summed E-state index contributed by atoms with van der Waals surface area (Å²) in [7, 11) is 0. The first-order chi connectivity index (χ1) is 8.63. The van der Waals surface area contributed by atoms with Crippen LogP contribution in [0.3, 0.4) is 0 Å². The minimum atomic E-state index is -0.568. The van der Waals surface area contributed by atoms with E-state index in [2.05, 4.69) is 0 Å². The Morgan fingerprint density at radius 3 is 2.83 bits per heavy atom. The molecule has 1 aromatic carbocycles. The van der Waals surface area contributed by atoms with Crippen molar-refractivity contribution in [3.05, 3.63) is 29.6 Å². The van der Waals surface area contributed by atoms with E-state index in [-0.39, 0.29) is 11.5 Å². The molecule has 5 heteroatoms. The van der Waals surface area contributed by atoms with Crippen LogP contribution in [0.25, 0.3) is 0 Å². The number of nitriles is 1. The molecule has 0 saturated carbocycles. The van der Waals surface area contributed by atoms with E-state index < -0.39 is 11.1 Å². The van der Waals surface area contributed by atoms with Crippen LogP contribution in [-0.4, -0.2) is 17.8 Å². The van der Waals surface area contributed by atoms with Gasteiger partial charge in [0.1, 0.15) is 22.7 Å². The van der Waals surface area contributed by atoms with E-state index >= 15 is 0 Å². The third kappa shape index (κ3) is 3.47. The number of ether oxygens (including phenoxy) is 1. The lowest BCUT2D eigenvalue weighted by Gasteiger charge is -2.13. The van der Waals surface area contributed by atoms with Gasteiger partial charge in [0.25, 0.3) is 0 Å². The van der Waals surface area contributed by atoms with Crippen LogP contribution in [0.5, 0.6) is 0 Å². The Balaban J connectivity index is 2.92. The highest BCUT2D eigenvalue weighted by atomic mass is 32.2. The largest absolute Gasteiger partial charge is 0.465 e.